The highest BCUT2D eigenvalue weighted by Crippen LogP contribution is 2.36. The summed E-state index contributed by atoms with van der Waals surface area (Å²) in [5.41, 5.74) is 1.46. The number of para-hydroxylation sites is 1. The van der Waals surface area contributed by atoms with Crippen molar-refractivity contribution in [3.05, 3.63) is 52.2 Å². The van der Waals surface area contributed by atoms with Crippen LogP contribution >= 0.6 is 11.3 Å². The Bertz CT molecular complexity index is 828. The molecule has 6 nitrogen and oxygen atoms in total. The van der Waals surface area contributed by atoms with Crippen molar-refractivity contribution < 1.29 is 9.90 Å². The second kappa shape index (κ2) is 7.80. The molecule has 1 N–H and O–H groups in total. The van der Waals surface area contributed by atoms with Crippen LogP contribution < -0.4 is 0 Å². The lowest BCUT2D eigenvalue weighted by atomic mass is 10.0. The molecule has 0 bridgehead atoms. The van der Waals surface area contributed by atoms with Gasteiger partial charge in [-0.05, 0) is 30.6 Å². The third kappa shape index (κ3) is 3.90. The Labute approximate surface area is 163 Å². The summed E-state index contributed by atoms with van der Waals surface area (Å²) in [6, 6.07) is 11.1. The minimum atomic E-state index is -0.0976. The SMILES string of the molecule is CN1CCN(CC(=O)N2N=C(c3ccccc3O)CC2c2cccs2)CC1. The van der Waals surface area contributed by atoms with Crippen LogP contribution in [0.5, 0.6) is 5.75 Å². The van der Waals surface area contributed by atoms with Gasteiger partial charge in [-0.1, -0.05) is 18.2 Å². The number of hydrazone groups is 1. The van der Waals surface area contributed by atoms with Gasteiger partial charge < -0.3 is 10.0 Å². The highest BCUT2D eigenvalue weighted by molar-refractivity contribution is 7.10. The Morgan fingerprint density at radius 3 is 2.67 bits per heavy atom. The number of amides is 1. The molecule has 4 rings (SSSR count). The van der Waals surface area contributed by atoms with E-state index in [-0.39, 0.29) is 17.7 Å². The number of thiophene rings is 1. The minimum absolute atomic E-state index is 0.0170. The molecule has 2 aliphatic rings. The van der Waals surface area contributed by atoms with Crippen molar-refractivity contribution in [2.75, 3.05) is 39.8 Å². The zero-order valence-electron chi connectivity index (χ0n) is 15.4. The Hall–Kier alpha value is -2.22. The molecule has 2 aromatic rings. The molecule has 0 spiro atoms. The third-order valence-electron chi connectivity index (χ3n) is 5.21. The molecule has 1 unspecified atom stereocenters. The molecule has 1 fully saturated rings. The summed E-state index contributed by atoms with van der Waals surface area (Å²) in [7, 11) is 2.11. The average Bonchev–Trinajstić information content (AvgIpc) is 3.33. The molecule has 3 heterocycles. The van der Waals surface area contributed by atoms with E-state index in [2.05, 4.69) is 28.0 Å². The largest absolute Gasteiger partial charge is 0.507 e. The highest BCUT2D eigenvalue weighted by Gasteiger charge is 2.35. The number of rotatable bonds is 4. The fraction of sp³-hybridized carbons (Fsp3) is 0.400. The van der Waals surface area contributed by atoms with Gasteiger partial charge in [-0.2, -0.15) is 5.10 Å². The molecule has 0 aliphatic carbocycles. The van der Waals surface area contributed by atoms with Gasteiger partial charge in [0, 0.05) is 43.0 Å². The van der Waals surface area contributed by atoms with Crippen LogP contribution in [0.4, 0.5) is 0 Å². The monoisotopic (exact) mass is 384 g/mol. The summed E-state index contributed by atoms with van der Waals surface area (Å²) >= 11 is 1.64. The summed E-state index contributed by atoms with van der Waals surface area (Å²) in [5.74, 6) is 0.220. The van der Waals surface area contributed by atoms with Crippen LogP contribution in [0.3, 0.4) is 0 Å². The second-order valence-electron chi connectivity index (χ2n) is 7.12. The van der Waals surface area contributed by atoms with Gasteiger partial charge in [0.1, 0.15) is 5.75 Å². The van der Waals surface area contributed by atoms with E-state index in [1.807, 2.05) is 23.6 Å². The number of benzene rings is 1. The van der Waals surface area contributed by atoms with Gasteiger partial charge in [-0.15, -0.1) is 11.3 Å². The zero-order valence-corrected chi connectivity index (χ0v) is 16.2. The summed E-state index contributed by atoms with van der Waals surface area (Å²) in [6.45, 7) is 4.14. The van der Waals surface area contributed by atoms with E-state index >= 15 is 0 Å². The van der Waals surface area contributed by atoms with Crippen molar-refractivity contribution in [3.8, 4) is 5.75 Å². The first kappa shape index (κ1) is 18.2. The first-order chi connectivity index (χ1) is 13.1. The van der Waals surface area contributed by atoms with Crippen molar-refractivity contribution >= 4 is 23.0 Å². The molecule has 0 saturated carbocycles. The van der Waals surface area contributed by atoms with Crippen LogP contribution in [0.25, 0.3) is 0 Å². The van der Waals surface area contributed by atoms with E-state index in [1.54, 1.807) is 28.5 Å². The van der Waals surface area contributed by atoms with Crippen LogP contribution in [0.15, 0.2) is 46.9 Å². The lowest BCUT2D eigenvalue weighted by Gasteiger charge is -2.33. The van der Waals surface area contributed by atoms with Gasteiger partial charge in [0.25, 0.3) is 5.91 Å². The number of phenols is 1. The van der Waals surface area contributed by atoms with E-state index in [1.165, 1.54) is 0 Å². The Morgan fingerprint density at radius 1 is 1.19 bits per heavy atom. The maximum absolute atomic E-state index is 13.1. The minimum Gasteiger partial charge on any atom is -0.507 e. The maximum Gasteiger partial charge on any atom is 0.257 e. The quantitative estimate of drug-likeness (QED) is 0.879. The average molecular weight is 385 g/mol. The van der Waals surface area contributed by atoms with E-state index in [9.17, 15) is 9.90 Å². The number of hydrogen-bond donors (Lipinski definition) is 1. The lowest BCUT2D eigenvalue weighted by molar-refractivity contribution is -0.134. The molecule has 1 saturated heterocycles. The van der Waals surface area contributed by atoms with E-state index in [0.717, 1.165) is 36.8 Å². The van der Waals surface area contributed by atoms with E-state index in [0.29, 0.717) is 18.5 Å². The summed E-state index contributed by atoms with van der Waals surface area (Å²) in [4.78, 5) is 18.7. The molecular formula is C20H24N4O2S. The third-order valence-corrected chi connectivity index (χ3v) is 6.18. The fourth-order valence-electron chi connectivity index (χ4n) is 3.59. The molecular weight excluding hydrogens is 360 g/mol. The Balaban J connectivity index is 1.56. The number of carbonyl (C=O) groups excluding carboxylic acids is 1. The van der Waals surface area contributed by atoms with Crippen molar-refractivity contribution in [3.63, 3.8) is 0 Å². The standard InChI is InChI=1S/C20H24N4O2S/c1-22-8-10-23(11-9-22)14-20(26)24-17(19-7-4-12-27-19)13-16(21-24)15-5-2-3-6-18(15)25/h2-7,12,17,25H,8-11,13-14H2,1H3. The number of hydrogen-bond acceptors (Lipinski definition) is 6. The number of phenolic OH excluding ortho intramolecular Hbond substituents is 1. The van der Waals surface area contributed by atoms with Crippen LogP contribution in [-0.2, 0) is 4.79 Å². The molecule has 1 amide bonds. The molecule has 142 valence electrons. The predicted octanol–water partition coefficient (Wildman–Crippen LogP) is 2.38. The van der Waals surface area contributed by atoms with Gasteiger partial charge >= 0.3 is 0 Å². The molecule has 1 atom stereocenters. The van der Waals surface area contributed by atoms with Gasteiger partial charge in [0.2, 0.25) is 0 Å². The number of piperazine rings is 1. The van der Waals surface area contributed by atoms with Crippen LogP contribution in [0, 0.1) is 0 Å². The summed E-state index contributed by atoms with van der Waals surface area (Å²) in [6.07, 6.45) is 0.618. The molecule has 1 aromatic carbocycles. The summed E-state index contributed by atoms with van der Waals surface area (Å²) < 4.78 is 0. The number of nitrogens with zero attached hydrogens (tertiary/aromatic N) is 4. The molecule has 7 heteroatoms. The first-order valence-corrected chi connectivity index (χ1v) is 10.1. The fourth-order valence-corrected chi connectivity index (χ4v) is 4.40. The van der Waals surface area contributed by atoms with Crippen LogP contribution in [-0.4, -0.2) is 71.3 Å². The molecule has 1 aromatic heterocycles. The van der Waals surface area contributed by atoms with Crippen molar-refractivity contribution in [1.29, 1.82) is 0 Å². The van der Waals surface area contributed by atoms with Crippen molar-refractivity contribution in [1.82, 2.24) is 14.8 Å². The molecule has 2 aliphatic heterocycles. The normalized spacial score (nSPS) is 21.4. The Morgan fingerprint density at radius 2 is 1.96 bits per heavy atom. The number of carbonyl (C=O) groups is 1. The second-order valence-corrected chi connectivity index (χ2v) is 8.10. The molecule has 27 heavy (non-hydrogen) atoms. The van der Waals surface area contributed by atoms with E-state index in [4.69, 9.17) is 0 Å². The van der Waals surface area contributed by atoms with Gasteiger partial charge in [0.05, 0.1) is 18.3 Å². The number of aromatic hydroxyl groups is 1. The maximum atomic E-state index is 13.1. The topological polar surface area (TPSA) is 59.4 Å². The van der Waals surface area contributed by atoms with Crippen molar-refractivity contribution in [2.24, 2.45) is 5.10 Å². The Kier molecular flexibility index (Phi) is 5.24. The predicted molar refractivity (Wildman–Crippen MR) is 107 cm³/mol. The van der Waals surface area contributed by atoms with E-state index < -0.39 is 0 Å². The van der Waals surface area contributed by atoms with Gasteiger partial charge in [-0.25, -0.2) is 5.01 Å². The van der Waals surface area contributed by atoms with Gasteiger partial charge in [0.15, 0.2) is 0 Å². The number of likely N-dealkylation sites (N-methyl/N-ethyl adjacent to an activating group) is 1. The highest BCUT2D eigenvalue weighted by atomic mass is 32.1. The van der Waals surface area contributed by atoms with Gasteiger partial charge in [-0.3, -0.25) is 9.69 Å². The molecule has 0 radical (unpaired) electrons. The van der Waals surface area contributed by atoms with Crippen LogP contribution in [0.1, 0.15) is 22.9 Å². The smallest absolute Gasteiger partial charge is 0.257 e. The summed E-state index contributed by atoms with van der Waals surface area (Å²) in [5, 5.41) is 18.5. The van der Waals surface area contributed by atoms with Crippen molar-refractivity contribution in [2.45, 2.75) is 12.5 Å². The zero-order chi connectivity index (χ0) is 18.8. The lowest BCUT2D eigenvalue weighted by Crippen LogP contribution is -2.48. The van der Waals surface area contributed by atoms with Crippen LogP contribution in [0.2, 0.25) is 0 Å². The first-order valence-electron chi connectivity index (χ1n) is 9.24.